The molecule has 5 heteroatoms. The van der Waals surface area contributed by atoms with Gasteiger partial charge in [0.05, 0.1) is 4.90 Å². The van der Waals surface area contributed by atoms with E-state index >= 15 is 0 Å². The van der Waals surface area contributed by atoms with Crippen molar-refractivity contribution in [3.8, 4) is 0 Å². The van der Waals surface area contributed by atoms with Crippen LogP contribution in [0.4, 0.5) is 0 Å². The summed E-state index contributed by atoms with van der Waals surface area (Å²) in [6.07, 6.45) is 0.803. The largest absolute Gasteiger partial charge is 0.320 e. The summed E-state index contributed by atoms with van der Waals surface area (Å²) in [5, 5.41) is 3.01. The number of hydrogen-bond donors (Lipinski definition) is 1. The molecule has 0 spiro atoms. The molecule has 0 atom stereocenters. The zero-order valence-electron chi connectivity index (χ0n) is 11.5. The minimum Gasteiger partial charge on any atom is -0.320 e. The van der Waals surface area contributed by atoms with Crippen molar-refractivity contribution < 1.29 is 8.42 Å². The van der Waals surface area contributed by atoms with Crippen LogP contribution < -0.4 is 5.32 Å². The molecule has 4 nitrogen and oxygen atoms in total. The fourth-order valence-electron chi connectivity index (χ4n) is 1.86. The molecule has 0 heterocycles. The standard InChI is InChI=1S/C13H22N2O2S/c1-11-6-7-13(12(2)10-11)18(16,17)15(4)9-5-8-14-3/h6-7,10,14H,5,8-9H2,1-4H3. The van der Waals surface area contributed by atoms with E-state index in [4.69, 9.17) is 0 Å². The molecule has 0 unspecified atom stereocenters. The number of hydrogen-bond acceptors (Lipinski definition) is 3. The van der Waals surface area contributed by atoms with Gasteiger partial charge in [-0.05, 0) is 45.5 Å². The molecule has 18 heavy (non-hydrogen) atoms. The molecule has 0 aliphatic carbocycles. The molecule has 0 saturated heterocycles. The Hall–Kier alpha value is -0.910. The summed E-state index contributed by atoms with van der Waals surface area (Å²) >= 11 is 0. The van der Waals surface area contributed by atoms with E-state index in [1.54, 1.807) is 13.1 Å². The molecule has 0 aliphatic rings. The molecule has 1 aromatic carbocycles. The van der Waals surface area contributed by atoms with Crippen molar-refractivity contribution in [2.75, 3.05) is 27.2 Å². The highest BCUT2D eigenvalue weighted by Crippen LogP contribution is 2.19. The van der Waals surface area contributed by atoms with Gasteiger partial charge in [-0.25, -0.2) is 12.7 Å². The highest BCUT2D eigenvalue weighted by Gasteiger charge is 2.21. The van der Waals surface area contributed by atoms with Crippen LogP contribution in [0.3, 0.4) is 0 Å². The van der Waals surface area contributed by atoms with E-state index < -0.39 is 10.0 Å². The Balaban J connectivity index is 2.91. The molecular formula is C13H22N2O2S. The van der Waals surface area contributed by atoms with Crippen LogP contribution >= 0.6 is 0 Å². The second-order valence-electron chi connectivity index (χ2n) is 4.55. The van der Waals surface area contributed by atoms with Crippen LogP contribution in [0, 0.1) is 13.8 Å². The lowest BCUT2D eigenvalue weighted by Gasteiger charge is -2.18. The van der Waals surface area contributed by atoms with E-state index in [-0.39, 0.29) is 0 Å². The number of sulfonamides is 1. The lowest BCUT2D eigenvalue weighted by atomic mass is 10.2. The monoisotopic (exact) mass is 270 g/mol. The van der Waals surface area contributed by atoms with Gasteiger partial charge in [0.2, 0.25) is 10.0 Å². The van der Waals surface area contributed by atoms with Crippen molar-refractivity contribution in [2.24, 2.45) is 0 Å². The van der Waals surface area contributed by atoms with Crippen molar-refractivity contribution in [3.63, 3.8) is 0 Å². The van der Waals surface area contributed by atoms with E-state index in [1.165, 1.54) is 4.31 Å². The first-order valence-corrected chi connectivity index (χ1v) is 7.52. The Morgan fingerprint density at radius 2 is 1.94 bits per heavy atom. The van der Waals surface area contributed by atoms with Gasteiger partial charge in [-0.2, -0.15) is 0 Å². The molecule has 0 aliphatic heterocycles. The smallest absolute Gasteiger partial charge is 0.243 e. The third kappa shape index (κ3) is 3.54. The molecule has 0 aromatic heterocycles. The third-order valence-corrected chi connectivity index (χ3v) is 4.94. The quantitative estimate of drug-likeness (QED) is 0.798. The number of benzene rings is 1. The van der Waals surface area contributed by atoms with Gasteiger partial charge >= 0.3 is 0 Å². The molecule has 0 radical (unpaired) electrons. The van der Waals surface area contributed by atoms with Crippen LogP contribution in [0.15, 0.2) is 23.1 Å². The van der Waals surface area contributed by atoms with Gasteiger partial charge in [0.15, 0.2) is 0 Å². The van der Waals surface area contributed by atoms with Gasteiger partial charge in [-0.1, -0.05) is 17.7 Å². The molecule has 0 amide bonds. The summed E-state index contributed by atoms with van der Waals surface area (Å²) in [6, 6.07) is 5.42. The van der Waals surface area contributed by atoms with E-state index in [0.29, 0.717) is 11.4 Å². The maximum Gasteiger partial charge on any atom is 0.243 e. The molecule has 0 fully saturated rings. The summed E-state index contributed by atoms with van der Waals surface area (Å²) in [6.45, 7) is 5.13. The molecule has 102 valence electrons. The highest BCUT2D eigenvalue weighted by atomic mass is 32.2. The first-order chi connectivity index (χ1) is 8.39. The van der Waals surface area contributed by atoms with Crippen LogP contribution in [0.1, 0.15) is 17.5 Å². The van der Waals surface area contributed by atoms with Crippen LogP contribution in [0.5, 0.6) is 0 Å². The molecule has 0 saturated carbocycles. The topological polar surface area (TPSA) is 49.4 Å². The van der Waals surface area contributed by atoms with E-state index in [1.807, 2.05) is 33.0 Å². The Kier molecular flexibility index (Phi) is 5.31. The third-order valence-electron chi connectivity index (χ3n) is 2.92. The zero-order chi connectivity index (χ0) is 13.8. The fraction of sp³-hybridized carbons (Fsp3) is 0.538. The second kappa shape index (κ2) is 6.31. The van der Waals surface area contributed by atoms with Crippen LogP contribution in [0.25, 0.3) is 0 Å². The average Bonchev–Trinajstić information content (AvgIpc) is 2.28. The van der Waals surface area contributed by atoms with Crippen LogP contribution in [-0.2, 0) is 10.0 Å². The van der Waals surface area contributed by atoms with Gasteiger partial charge in [-0.3, -0.25) is 0 Å². The predicted molar refractivity (Wildman–Crippen MR) is 74.3 cm³/mol. The van der Waals surface area contributed by atoms with Crippen molar-refractivity contribution >= 4 is 10.0 Å². The maximum absolute atomic E-state index is 12.4. The average molecular weight is 270 g/mol. The predicted octanol–water partition coefficient (Wildman–Crippen LogP) is 1.53. The zero-order valence-corrected chi connectivity index (χ0v) is 12.3. The van der Waals surface area contributed by atoms with Gasteiger partial charge in [-0.15, -0.1) is 0 Å². The SMILES string of the molecule is CNCCCN(C)S(=O)(=O)c1ccc(C)cc1C. The van der Waals surface area contributed by atoms with Gasteiger partial charge < -0.3 is 5.32 Å². The van der Waals surface area contributed by atoms with Crippen LogP contribution in [0.2, 0.25) is 0 Å². The summed E-state index contributed by atoms with van der Waals surface area (Å²) in [4.78, 5) is 0.403. The van der Waals surface area contributed by atoms with Gasteiger partial charge in [0.25, 0.3) is 0 Å². The number of nitrogens with zero attached hydrogens (tertiary/aromatic N) is 1. The first-order valence-electron chi connectivity index (χ1n) is 6.08. The highest BCUT2D eigenvalue weighted by molar-refractivity contribution is 7.89. The van der Waals surface area contributed by atoms with Gasteiger partial charge in [0, 0.05) is 13.6 Å². The summed E-state index contributed by atoms with van der Waals surface area (Å²) in [5.74, 6) is 0. The normalized spacial score (nSPS) is 12.1. The van der Waals surface area contributed by atoms with Gasteiger partial charge in [0.1, 0.15) is 0 Å². The summed E-state index contributed by atoms with van der Waals surface area (Å²) in [7, 11) is 0.128. The molecule has 1 aromatic rings. The summed E-state index contributed by atoms with van der Waals surface area (Å²) < 4.78 is 26.1. The number of aryl methyl sites for hydroxylation is 2. The molecule has 1 N–H and O–H groups in total. The Labute approximate surface area is 110 Å². The Bertz CT molecular complexity index is 498. The minimum atomic E-state index is -3.36. The first kappa shape index (κ1) is 15.1. The van der Waals surface area contributed by atoms with Crippen LogP contribution in [-0.4, -0.2) is 39.9 Å². The Morgan fingerprint density at radius 1 is 1.28 bits per heavy atom. The minimum absolute atomic E-state index is 0.403. The van der Waals surface area contributed by atoms with Crippen molar-refractivity contribution in [3.05, 3.63) is 29.3 Å². The maximum atomic E-state index is 12.4. The van der Waals surface area contributed by atoms with E-state index in [2.05, 4.69) is 5.32 Å². The molecule has 1 rings (SSSR count). The Morgan fingerprint density at radius 3 is 2.50 bits per heavy atom. The molecule has 0 bridgehead atoms. The summed E-state index contributed by atoms with van der Waals surface area (Å²) in [5.41, 5.74) is 1.87. The van der Waals surface area contributed by atoms with Crippen molar-refractivity contribution in [1.29, 1.82) is 0 Å². The van der Waals surface area contributed by atoms with Crippen molar-refractivity contribution in [2.45, 2.75) is 25.2 Å². The number of rotatable bonds is 6. The fourth-order valence-corrected chi connectivity index (χ4v) is 3.27. The van der Waals surface area contributed by atoms with E-state index in [0.717, 1.165) is 24.1 Å². The number of nitrogens with one attached hydrogen (secondary N) is 1. The lowest BCUT2D eigenvalue weighted by Crippen LogP contribution is -2.30. The van der Waals surface area contributed by atoms with E-state index in [9.17, 15) is 8.42 Å². The lowest BCUT2D eigenvalue weighted by molar-refractivity contribution is 0.457. The second-order valence-corrected chi connectivity index (χ2v) is 6.57. The van der Waals surface area contributed by atoms with Crippen molar-refractivity contribution in [1.82, 2.24) is 9.62 Å². The molecular weight excluding hydrogens is 248 g/mol.